The van der Waals surface area contributed by atoms with E-state index >= 15 is 0 Å². The smallest absolute Gasteiger partial charge is 0.162 e. The van der Waals surface area contributed by atoms with E-state index in [1.54, 1.807) is 6.07 Å². The molecule has 0 aromatic heterocycles. The van der Waals surface area contributed by atoms with Crippen LogP contribution in [0.2, 0.25) is 0 Å². The van der Waals surface area contributed by atoms with Crippen LogP contribution in [0, 0.1) is 5.82 Å². The van der Waals surface area contributed by atoms with Crippen LogP contribution in [0.3, 0.4) is 0 Å². The van der Waals surface area contributed by atoms with Gasteiger partial charge < -0.3 is 4.74 Å². The third-order valence-electron chi connectivity index (χ3n) is 2.37. The third kappa shape index (κ3) is 4.86. The number of hydrogen-bond donors (Lipinski definition) is 0. The predicted octanol–water partition coefficient (Wildman–Crippen LogP) is 3.97. The molecule has 0 N–H and O–H groups in total. The zero-order valence-corrected chi connectivity index (χ0v) is 11.4. The van der Waals surface area contributed by atoms with E-state index in [-0.39, 0.29) is 11.3 Å². The summed E-state index contributed by atoms with van der Waals surface area (Å²) < 4.78 is 18.8. The van der Waals surface area contributed by atoms with Crippen LogP contribution in [0.15, 0.2) is 18.2 Å². The summed E-state index contributed by atoms with van der Waals surface area (Å²) in [7, 11) is 0. The number of ether oxygens (including phenoxy) is 1. The van der Waals surface area contributed by atoms with Crippen molar-refractivity contribution in [3.63, 3.8) is 0 Å². The standard InChI is InChI=1S/C13H16BrFO2/c1-10(16)12-6-5-11(9-13(12)15)17-8-4-2-3-7-14/h5-6,9H,2-4,7-8H2,1H3. The molecule has 1 aromatic carbocycles. The minimum atomic E-state index is -0.518. The maximum absolute atomic E-state index is 13.4. The Hall–Kier alpha value is -0.900. The fourth-order valence-corrected chi connectivity index (χ4v) is 1.83. The van der Waals surface area contributed by atoms with Crippen molar-refractivity contribution in [2.24, 2.45) is 0 Å². The number of carbonyl (C=O) groups is 1. The molecule has 17 heavy (non-hydrogen) atoms. The summed E-state index contributed by atoms with van der Waals surface area (Å²) in [6, 6.07) is 4.36. The molecule has 0 aliphatic heterocycles. The summed E-state index contributed by atoms with van der Waals surface area (Å²) in [6.45, 7) is 1.92. The maximum Gasteiger partial charge on any atom is 0.162 e. The lowest BCUT2D eigenvalue weighted by molar-refractivity contribution is 0.101. The van der Waals surface area contributed by atoms with Crippen LogP contribution >= 0.6 is 15.9 Å². The van der Waals surface area contributed by atoms with Crippen molar-refractivity contribution in [2.45, 2.75) is 26.2 Å². The molecule has 1 rings (SSSR count). The van der Waals surface area contributed by atoms with Gasteiger partial charge in [0.1, 0.15) is 11.6 Å². The Morgan fingerprint density at radius 2 is 2.12 bits per heavy atom. The van der Waals surface area contributed by atoms with Gasteiger partial charge in [0.25, 0.3) is 0 Å². The second-order valence-corrected chi connectivity index (χ2v) is 4.59. The van der Waals surface area contributed by atoms with E-state index in [4.69, 9.17) is 4.74 Å². The lowest BCUT2D eigenvalue weighted by Gasteiger charge is -2.07. The van der Waals surface area contributed by atoms with E-state index < -0.39 is 5.82 Å². The van der Waals surface area contributed by atoms with Gasteiger partial charge in [-0.15, -0.1) is 0 Å². The number of rotatable bonds is 7. The molecule has 1 aromatic rings. The van der Waals surface area contributed by atoms with Crippen molar-refractivity contribution < 1.29 is 13.9 Å². The van der Waals surface area contributed by atoms with Crippen molar-refractivity contribution in [3.05, 3.63) is 29.6 Å². The Morgan fingerprint density at radius 1 is 1.35 bits per heavy atom. The van der Waals surface area contributed by atoms with E-state index in [1.807, 2.05) is 0 Å². The largest absolute Gasteiger partial charge is 0.493 e. The highest BCUT2D eigenvalue weighted by Gasteiger charge is 2.07. The van der Waals surface area contributed by atoms with E-state index in [1.165, 1.54) is 19.1 Å². The Labute approximate surface area is 109 Å². The van der Waals surface area contributed by atoms with E-state index in [0.29, 0.717) is 12.4 Å². The second kappa shape index (κ2) is 7.43. The molecule has 0 aliphatic carbocycles. The van der Waals surface area contributed by atoms with Crippen molar-refractivity contribution in [1.82, 2.24) is 0 Å². The summed E-state index contributed by atoms with van der Waals surface area (Å²) in [5, 5.41) is 0.995. The maximum atomic E-state index is 13.4. The molecule has 0 saturated carbocycles. The molecule has 94 valence electrons. The fourth-order valence-electron chi connectivity index (χ4n) is 1.43. The van der Waals surface area contributed by atoms with Crippen LogP contribution in [-0.4, -0.2) is 17.7 Å². The Balaban J connectivity index is 2.45. The minimum Gasteiger partial charge on any atom is -0.493 e. The number of halogens is 2. The number of ketones is 1. The molecule has 0 fully saturated rings. The minimum absolute atomic E-state index is 0.108. The second-order valence-electron chi connectivity index (χ2n) is 3.80. The van der Waals surface area contributed by atoms with Gasteiger partial charge in [0.15, 0.2) is 5.78 Å². The molecule has 0 atom stereocenters. The summed E-state index contributed by atoms with van der Waals surface area (Å²) in [5.74, 6) is -0.312. The molecule has 0 amide bonds. The van der Waals surface area contributed by atoms with Gasteiger partial charge in [-0.2, -0.15) is 0 Å². The lowest BCUT2D eigenvalue weighted by atomic mass is 10.1. The van der Waals surface area contributed by atoms with Crippen LogP contribution in [-0.2, 0) is 0 Å². The van der Waals surface area contributed by atoms with E-state index in [2.05, 4.69) is 15.9 Å². The molecule has 0 unspecified atom stereocenters. The first-order valence-corrected chi connectivity index (χ1v) is 6.76. The Kier molecular flexibility index (Phi) is 6.19. The highest BCUT2D eigenvalue weighted by atomic mass is 79.9. The molecule has 0 radical (unpaired) electrons. The molecular formula is C13H16BrFO2. The number of unbranched alkanes of at least 4 members (excludes halogenated alkanes) is 2. The van der Waals surface area contributed by atoms with Crippen molar-refractivity contribution >= 4 is 21.7 Å². The number of carbonyl (C=O) groups excluding carboxylic acids is 1. The first-order valence-electron chi connectivity index (χ1n) is 5.64. The zero-order chi connectivity index (χ0) is 12.7. The van der Waals surface area contributed by atoms with Crippen LogP contribution in [0.5, 0.6) is 5.75 Å². The molecule has 0 heterocycles. The Morgan fingerprint density at radius 3 is 2.71 bits per heavy atom. The van der Waals surface area contributed by atoms with Gasteiger partial charge in [0.05, 0.1) is 12.2 Å². The quantitative estimate of drug-likeness (QED) is 0.433. The summed E-state index contributed by atoms with van der Waals surface area (Å²) in [4.78, 5) is 11.0. The van der Waals surface area contributed by atoms with Gasteiger partial charge in [0, 0.05) is 11.4 Å². The van der Waals surface area contributed by atoms with Crippen LogP contribution in [0.25, 0.3) is 0 Å². The normalized spacial score (nSPS) is 10.3. The van der Waals surface area contributed by atoms with Crippen molar-refractivity contribution in [3.8, 4) is 5.75 Å². The predicted molar refractivity (Wildman–Crippen MR) is 69.5 cm³/mol. The lowest BCUT2D eigenvalue weighted by Crippen LogP contribution is -2.01. The first kappa shape index (κ1) is 14.2. The number of benzene rings is 1. The monoisotopic (exact) mass is 302 g/mol. The average Bonchev–Trinajstić information content (AvgIpc) is 2.28. The fraction of sp³-hybridized carbons (Fsp3) is 0.462. The van der Waals surface area contributed by atoms with Crippen LogP contribution in [0.1, 0.15) is 36.5 Å². The van der Waals surface area contributed by atoms with Crippen molar-refractivity contribution in [1.29, 1.82) is 0 Å². The summed E-state index contributed by atoms with van der Waals surface area (Å²) in [5.41, 5.74) is 0.108. The third-order valence-corrected chi connectivity index (χ3v) is 2.93. The molecule has 2 nitrogen and oxygen atoms in total. The summed E-state index contributed by atoms with van der Waals surface area (Å²) >= 11 is 3.36. The molecule has 0 bridgehead atoms. The van der Waals surface area contributed by atoms with Gasteiger partial charge in [0.2, 0.25) is 0 Å². The van der Waals surface area contributed by atoms with Crippen molar-refractivity contribution in [2.75, 3.05) is 11.9 Å². The first-order chi connectivity index (χ1) is 8.15. The van der Waals surface area contributed by atoms with E-state index in [0.717, 1.165) is 24.6 Å². The van der Waals surface area contributed by atoms with Crippen LogP contribution < -0.4 is 4.74 Å². The molecule has 0 aliphatic rings. The topological polar surface area (TPSA) is 26.3 Å². The van der Waals surface area contributed by atoms with Gasteiger partial charge in [-0.3, -0.25) is 4.79 Å². The molecular weight excluding hydrogens is 287 g/mol. The zero-order valence-electron chi connectivity index (χ0n) is 9.84. The highest BCUT2D eigenvalue weighted by Crippen LogP contribution is 2.17. The Bertz CT molecular complexity index is 380. The number of Topliss-reactive ketones (excluding diaryl/α,β-unsaturated/α-hetero) is 1. The SMILES string of the molecule is CC(=O)c1ccc(OCCCCCBr)cc1F. The van der Waals surface area contributed by atoms with E-state index in [9.17, 15) is 9.18 Å². The molecule has 0 spiro atoms. The average molecular weight is 303 g/mol. The summed E-state index contributed by atoms with van der Waals surface area (Å²) in [6.07, 6.45) is 3.14. The van der Waals surface area contributed by atoms with Gasteiger partial charge >= 0.3 is 0 Å². The molecule has 4 heteroatoms. The number of hydrogen-bond acceptors (Lipinski definition) is 2. The van der Waals surface area contributed by atoms with Gasteiger partial charge in [-0.25, -0.2) is 4.39 Å². The van der Waals surface area contributed by atoms with Crippen LogP contribution in [0.4, 0.5) is 4.39 Å². The van der Waals surface area contributed by atoms with Gasteiger partial charge in [-0.05, 0) is 38.3 Å². The van der Waals surface area contributed by atoms with Gasteiger partial charge in [-0.1, -0.05) is 15.9 Å². The highest BCUT2D eigenvalue weighted by molar-refractivity contribution is 9.09. The number of alkyl halides is 1. The molecule has 0 saturated heterocycles.